The summed E-state index contributed by atoms with van der Waals surface area (Å²) in [6.07, 6.45) is 3.99. The monoisotopic (exact) mass is 614 g/mol. The van der Waals surface area contributed by atoms with Crippen molar-refractivity contribution in [2.24, 2.45) is 0 Å². The van der Waals surface area contributed by atoms with Gasteiger partial charge in [-0.1, -0.05) is 23.5 Å². The van der Waals surface area contributed by atoms with E-state index in [2.05, 4.69) is 20.6 Å². The van der Waals surface area contributed by atoms with E-state index in [1.807, 2.05) is 48.9 Å². The van der Waals surface area contributed by atoms with Crippen molar-refractivity contribution in [3.63, 3.8) is 0 Å². The Kier molecular flexibility index (Phi) is 7.93. The molecule has 0 aliphatic rings. The van der Waals surface area contributed by atoms with Gasteiger partial charge in [-0.15, -0.1) is 22.7 Å². The summed E-state index contributed by atoms with van der Waals surface area (Å²) >= 11 is 6.41. The van der Waals surface area contributed by atoms with E-state index >= 15 is 0 Å². The standard InChI is InChI=1S/C30H22N4O3S4/c1-38-29-33-23-13-7-19(15-25(23)40-29)31-27(35)17-3-9-21(10-4-17)37-22-11-5-18(6-12-22)28(36)32-20-8-14-24-26(16-20)41-30(34-24)39-2/h3-16H,1-2H3,(H,31,35)(H,32,36). The average molecular weight is 615 g/mol. The Hall–Kier alpha value is -3.90. The Morgan fingerprint density at radius 2 is 1.05 bits per heavy atom. The summed E-state index contributed by atoms with van der Waals surface area (Å²) < 4.78 is 9.97. The maximum absolute atomic E-state index is 12.8. The van der Waals surface area contributed by atoms with Gasteiger partial charge in [0.25, 0.3) is 11.8 Å². The van der Waals surface area contributed by atoms with Crippen LogP contribution in [0.3, 0.4) is 0 Å². The summed E-state index contributed by atoms with van der Waals surface area (Å²) in [5.74, 6) is 0.744. The van der Waals surface area contributed by atoms with Crippen LogP contribution in [0.15, 0.2) is 93.6 Å². The lowest BCUT2D eigenvalue weighted by Gasteiger charge is -2.09. The molecule has 6 rings (SSSR count). The zero-order valence-corrected chi connectivity index (χ0v) is 25.1. The second-order valence-electron chi connectivity index (χ2n) is 8.79. The third-order valence-electron chi connectivity index (χ3n) is 6.07. The van der Waals surface area contributed by atoms with Crippen LogP contribution in [-0.2, 0) is 0 Å². The Morgan fingerprint density at radius 3 is 1.44 bits per heavy atom. The second kappa shape index (κ2) is 11.9. The van der Waals surface area contributed by atoms with Crippen molar-refractivity contribution in [1.29, 1.82) is 0 Å². The van der Waals surface area contributed by atoms with E-state index in [1.165, 1.54) is 0 Å². The molecule has 11 heteroatoms. The van der Waals surface area contributed by atoms with E-state index in [0.29, 0.717) is 22.6 Å². The minimum Gasteiger partial charge on any atom is -0.457 e. The highest BCUT2D eigenvalue weighted by Gasteiger charge is 2.11. The van der Waals surface area contributed by atoms with Gasteiger partial charge in [-0.2, -0.15) is 0 Å². The molecule has 0 fully saturated rings. The van der Waals surface area contributed by atoms with Crippen LogP contribution in [0.2, 0.25) is 0 Å². The lowest BCUT2D eigenvalue weighted by Crippen LogP contribution is -2.11. The molecule has 2 amide bonds. The molecule has 41 heavy (non-hydrogen) atoms. The van der Waals surface area contributed by atoms with Gasteiger partial charge in [0, 0.05) is 22.5 Å². The molecule has 2 N–H and O–H groups in total. The highest BCUT2D eigenvalue weighted by Crippen LogP contribution is 2.31. The zero-order chi connectivity index (χ0) is 28.3. The minimum absolute atomic E-state index is 0.208. The number of thioether (sulfide) groups is 2. The average Bonchev–Trinajstić information content (AvgIpc) is 3.61. The number of ether oxygens (including phenoxy) is 1. The van der Waals surface area contributed by atoms with Gasteiger partial charge in [-0.25, -0.2) is 9.97 Å². The van der Waals surface area contributed by atoms with Crippen molar-refractivity contribution in [1.82, 2.24) is 9.97 Å². The van der Waals surface area contributed by atoms with Gasteiger partial charge in [0.1, 0.15) is 11.5 Å². The largest absolute Gasteiger partial charge is 0.457 e. The predicted molar refractivity (Wildman–Crippen MR) is 172 cm³/mol. The molecule has 2 aromatic heterocycles. The summed E-state index contributed by atoms with van der Waals surface area (Å²) in [5, 5.41) is 5.89. The number of benzene rings is 4. The Bertz CT molecular complexity index is 1750. The molecule has 0 aliphatic carbocycles. The number of nitrogens with one attached hydrogen (secondary N) is 2. The third-order valence-corrected chi connectivity index (χ3v) is 10.1. The lowest BCUT2D eigenvalue weighted by atomic mass is 10.2. The summed E-state index contributed by atoms with van der Waals surface area (Å²) in [6, 6.07) is 25.2. The first kappa shape index (κ1) is 27.3. The summed E-state index contributed by atoms with van der Waals surface area (Å²) in [4.78, 5) is 34.6. The molecule has 2 heterocycles. The fourth-order valence-corrected chi connectivity index (χ4v) is 7.09. The molecule has 4 aromatic carbocycles. The topological polar surface area (TPSA) is 93.2 Å². The van der Waals surface area contributed by atoms with Crippen molar-refractivity contribution < 1.29 is 14.3 Å². The van der Waals surface area contributed by atoms with E-state index in [4.69, 9.17) is 4.74 Å². The molecule has 0 atom stereocenters. The molecule has 0 bridgehead atoms. The number of carbonyl (C=O) groups is 2. The second-order valence-corrected chi connectivity index (χ2v) is 13.0. The lowest BCUT2D eigenvalue weighted by molar-refractivity contribution is 0.101. The van der Waals surface area contributed by atoms with Gasteiger partial charge in [0.2, 0.25) is 0 Å². The maximum Gasteiger partial charge on any atom is 0.255 e. The van der Waals surface area contributed by atoms with E-state index in [1.54, 1.807) is 94.7 Å². The molecule has 0 unspecified atom stereocenters. The number of anilines is 2. The molecule has 0 spiro atoms. The molecule has 7 nitrogen and oxygen atoms in total. The fraction of sp³-hybridized carbons (Fsp3) is 0.0667. The number of rotatable bonds is 8. The van der Waals surface area contributed by atoms with E-state index in [0.717, 1.165) is 40.5 Å². The van der Waals surface area contributed by atoms with Crippen LogP contribution in [0.25, 0.3) is 20.4 Å². The summed E-state index contributed by atoms with van der Waals surface area (Å²) in [7, 11) is 0. The fourth-order valence-electron chi connectivity index (χ4n) is 4.03. The van der Waals surface area contributed by atoms with Crippen molar-refractivity contribution in [3.05, 3.63) is 96.1 Å². The van der Waals surface area contributed by atoms with E-state index in [-0.39, 0.29) is 11.8 Å². The quantitative estimate of drug-likeness (QED) is 0.166. The Balaban J connectivity index is 1.06. The number of hydrogen-bond acceptors (Lipinski definition) is 9. The molecular weight excluding hydrogens is 593 g/mol. The number of aromatic nitrogens is 2. The molecular formula is C30H22N4O3S4. The van der Waals surface area contributed by atoms with Gasteiger partial charge in [-0.3, -0.25) is 9.59 Å². The molecule has 6 aromatic rings. The van der Waals surface area contributed by atoms with Crippen molar-refractivity contribution >= 4 is 89.8 Å². The van der Waals surface area contributed by atoms with Crippen LogP contribution in [0.5, 0.6) is 11.5 Å². The first-order chi connectivity index (χ1) is 20.0. The first-order valence-electron chi connectivity index (χ1n) is 12.4. The van der Waals surface area contributed by atoms with Crippen LogP contribution in [0.1, 0.15) is 20.7 Å². The number of fused-ring (bicyclic) bond motifs is 2. The highest BCUT2D eigenvalue weighted by molar-refractivity contribution is 8.00. The van der Waals surface area contributed by atoms with Crippen molar-refractivity contribution in [3.8, 4) is 11.5 Å². The number of thiazole rings is 2. The van der Waals surface area contributed by atoms with Gasteiger partial charge in [0.05, 0.1) is 20.4 Å². The predicted octanol–water partition coefficient (Wildman–Crippen LogP) is 8.65. The summed E-state index contributed by atoms with van der Waals surface area (Å²) in [5.41, 5.74) is 4.31. The number of amides is 2. The highest BCUT2D eigenvalue weighted by atomic mass is 32.2. The van der Waals surface area contributed by atoms with Gasteiger partial charge < -0.3 is 15.4 Å². The van der Waals surface area contributed by atoms with Crippen molar-refractivity contribution in [2.45, 2.75) is 8.68 Å². The molecule has 0 saturated heterocycles. The Labute approximate surface area is 252 Å². The smallest absolute Gasteiger partial charge is 0.255 e. The molecule has 204 valence electrons. The summed E-state index contributed by atoms with van der Waals surface area (Å²) in [6.45, 7) is 0. The first-order valence-corrected chi connectivity index (χ1v) is 16.5. The van der Waals surface area contributed by atoms with Crippen LogP contribution in [0.4, 0.5) is 11.4 Å². The van der Waals surface area contributed by atoms with Crippen LogP contribution < -0.4 is 15.4 Å². The molecule has 0 saturated carbocycles. The number of hydrogen-bond donors (Lipinski definition) is 2. The van der Waals surface area contributed by atoms with Gasteiger partial charge in [0.15, 0.2) is 8.68 Å². The van der Waals surface area contributed by atoms with Crippen LogP contribution >= 0.6 is 46.2 Å². The van der Waals surface area contributed by atoms with Crippen LogP contribution in [0, 0.1) is 0 Å². The maximum atomic E-state index is 12.8. The minimum atomic E-state index is -0.208. The SMILES string of the molecule is CSc1nc2ccc(NC(=O)c3ccc(Oc4ccc(C(=O)Nc5ccc6nc(SC)sc6c5)cc4)cc3)cc2s1. The molecule has 0 radical (unpaired) electrons. The van der Waals surface area contributed by atoms with Gasteiger partial charge >= 0.3 is 0 Å². The van der Waals surface area contributed by atoms with Crippen molar-refractivity contribution in [2.75, 3.05) is 23.1 Å². The Morgan fingerprint density at radius 1 is 0.634 bits per heavy atom. The number of nitrogens with zero attached hydrogens (tertiary/aromatic N) is 2. The zero-order valence-electron chi connectivity index (χ0n) is 21.8. The number of carbonyl (C=O) groups excluding carboxylic acids is 2. The van der Waals surface area contributed by atoms with Crippen LogP contribution in [-0.4, -0.2) is 34.3 Å². The van der Waals surface area contributed by atoms with E-state index < -0.39 is 0 Å². The normalized spacial score (nSPS) is 11.1. The van der Waals surface area contributed by atoms with Gasteiger partial charge in [-0.05, 0) is 97.4 Å². The third kappa shape index (κ3) is 6.23. The van der Waals surface area contributed by atoms with E-state index in [9.17, 15) is 9.59 Å². The molecule has 0 aliphatic heterocycles.